The number of allylic oxidation sites excluding steroid dienone is 1. The van der Waals surface area contributed by atoms with Gasteiger partial charge in [0.15, 0.2) is 5.78 Å². The first-order valence-corrected chi connectivity index (χ1v) is 10.6. The van der Waals surface area contributed by atoms with Crippen molar-refractivity contribution in [3.05, 3.63) is 65.2 Å². The highest BCUT2D eigenvalue weighted by Crippen LogP contribution is 2.32. The maximum Gasteiger partial charge on any atom is 0.224 e. The number of carbonyl (C=O) groups is 2. The molecule has 5 heteroatoms. The van der Waals surface area contributed by atoms with E-state index in [1.54, 1.807) is 37.5 Å². The number of anilines is 1. The zero-order chi connectivity index (χ0) is 22.8. The minimum Gasteiger partial charge on any atom is -0.497 e. The van der Waals surface area contributed by atoms with Crippen molar-refractivity contribution >= 4 is 23.1 Å². The van der Waals surface area contributed by atoms with Gasteiger partial charge in [-0.15, -0.1) is 0 Å². The number of ether oxygens (including phenoxy) is 1. The van der Waals surface area contributed by atoms with Crippen molar-refractivity contribution in [2.45, 2.75) is 53.0 Å². The van der Waals surface area contributed by atoms with E-state index in [9.17, 15) is 9.59 Å². The predicted molar refractivity (Wildman–Crippen MR) is 125 cm³/mol. The molecule has 2 aromatic rings. The Balaban J connectivity index is 1.88. The lowest BCUT2D eigenvalue weighted by Gasteiger charge is -2.35. The van der Waals surface area contributed by atoms with Crippen LogP contribution in [0.25, 0.3) is 5.70 Å². The Bertz CT molecular complexity index is 1030. The van der Waals surface area contributed by atoms with Crippen molar-refractivity contribution in [3.63, 3.8) is 0 Å². The van der Waals surface area contributed by atoms with E-state index in [2.05, 4.69) is 30.5 Å². The first kappa shape index (κ1) is 22.6. The molecule has 0 atom stereocenters. The second-order valence-electron chi connectivity index (χ2n) is 10.00. The number of carbonyl (C=O) groups excluding carboxylic acids is 2. The van der Waals surface area contributed by atoms with Gasteiger partial charge >= 0.3 is 0 Å². The van der Waals surface area contributed by atoms with E-state index >= 15 is 0 Å². The molecule has 0 saturated carbocycles. The zero-order valence-corrected chi connectivity index (χ0v) is 19.3. The summed E-state index contributed by atoms with van der Waals surface area (Å²) in [7, 11) is 1.63. The molecule has 0 aromatic heterocycles. The molecule has 2 N–H and O–H groups in total. The Labute approximate surface area is 184 Å². The van der Waals surface area contributed by atoms with E-state index in [1.807, 2.05) is 32.9 Å². The first-order chi connectivity index (χ1) is 14.5. The van der Waals surface area contributed by atoms with Crippen LogP contribution < -0.4 is 15.4 Å². The second kappa shape index (κ2) is 8.58. The average molecular weight is 421 g/mol. The molecule has 0 bridgehead atoms. The molecule has 0 aliphatic carbocycles. The number of ketones is 1. The quantitative estimate of drug-likeness (QED) is 0.514. The van der Waals surface area contributed by atoms with Gasteiger partial charge in [-0.2, -0.15) is 0 Å². The lowest BCUT2D eigenvalue weighted by atomic mass is 9.85. The predicted octanol–water partition coefficient (Wildman–Crippen LogP) is 5.22. The molecule has 1 heterocycles. The van der Waals surface area contributed by atoms with E-state index in [0.29, 0.717) is 17.7 Å². The molecule has 0 saturated heterocycles. The maximum atomic E-state index is 13.1. The number of benzene rings is 2. The first-order valence-electron chi connectivity index (χ1n) is 10.6. The highest BCUT2D eigenvalue weighted by molar-refractivity contribution is 6.09. The monoisotopic (exact) mass is 420 g/mol. The van der Waals surface area contributed by atoms with Gasteiger partial charge in [0, 0.05) is 40.5 Å². The molecule has 5 nitrogen and oxygen atoms in total. The summed E-state index contributed by atoms with van der Waals surface area (Å²) in [4.78, 5) is 25.4. The van der Waals surface area contributed by atoms with Crippen molar-refractivity contribution in [1.29, 1.82) is 0 Å². The van der Waals surface area contributed by atoms with Crippen LogP contribution in [0.4, 0.5) is 5.69 Å². The number of nitrogens with one attached hydrogen (secondary N) is 2. The summed E-state index contributed by atoms with van der Waals surface area (Å²) in [5.74, 6) is 0.565. The van der Waals surface area contributed by atoms with Crippen molar-refractivity contribution in [1.82, 2.24) is 5.32 Å². The number of hydrogen-bond acceptors (Lipinski definition) is 4. The Morgan fingerprint density at radius 2 is 1.90 bits per heavy atom. The van der Waals surface area contributed by atoms with Gasteiger partial charge in [-0.3, -0.25) is 9.59 Å². The van der Waals surface area contributed by atoms with E-state index in [-0.39, 0.29) is 22.6 Å². The molecule has 0 radical (unpaired) electrons. The van der Waals surface area contributed by atoms with Crippen LogP contribution in [0.15, 0.2) is 48.5 Å². The smallest absolute Gasteiger partial charge is 0.224 e. The Morgan fingerprint density at radius 1 is 1.16 bits per heavy atom. The fraction of sp³-hybridized carbons (Fsp3) is 0.385. The highest BCUT2D eigenvalue weighted by Gasteiger charge is 2.28. The number of methoxy groups -OCH3 is 1. The van der Waals surface area contributed by atoms with Crippen LogP contribution in [0.5, 0.6) is 5.75 Å². The van der Waals surface area contributed by atoms with Crippen molar-refractivity contribution in [2.24, 2.45) is 5.41 Å². The van der Waals surface area contributed by atoms with Gasteiger partial charge in [-0.05, 0) is 55.5 Å². The minimum atomic E-state index is -0.170. The van der Waals surface area contributed by atoms with E-state index in [4.69, 9.17) is 4.74 Å². The van der Waals surface area contributed by atoms with Crippen LogP contribution in [-0.4, -0.2) is 24.3 Å². The van der Waals surface area contributed by atoms with Gasteiger partial charge in [0.1, 0.15) is 5.75 Å². The lowest BCUT2D eigenvalue weighted by molar-refractivity contribution is -0.117. The van der Waals surface area contributed by atoms with Crippen LogP contribution in [0, 0.1) is 5.41 Å². The molecule has 1 aliphatic rings. The summed E-state index contributed by atoms with van der Waals surface area (Å²) >= 11 is 0. The van der Waals surface area contributed by atoms with Gasteiger partial charge < -0.3 is 15.4 Å². The molecule has 0 fully saturated rings. The fourth-order valence-corrected chi connectivity index (χ4v) is 3.80. The largest absolute Gasteiger partial charge is 0.497 e. The summed E-state index contributed by atoms with van der Waals surface area (Å²) in [5, 5.41) is 6.39. The van der Waals surface area contributed by atoms with Crippen LogP contribution >= 0.6 is 0 Å². The second-order valence-corrected chi connectivity index (χ2v) is 10.00. The molecule has 0 unspecified atom stereocenters. The summed E-state index contributed by atoms with van der Waals surface area (Å²) < 4.78 is 5.38. The molecule has 164 valence electrons. The van der Waals surface area contributed by atoms with Crippen molar-refractivity contribution in [2.75, 3.05) is 12.4 Å². The van der Waals surface area contributed by atoms with Crippen LogP contribution in [-0.2, 0) is 11.2 Å². The topological polar surface area (TPSA) is 67.4 Å². The van der Waals surface area contributed by atoms with E-state index in [0.717, 1.165) is 23.4 Å². The fourth-order valence-electron chi connectivity index (χ4n) is 3.80. The Hall–Kier alpha value is -3.08. The van der Waals surface area contributed by atoms with Gasteiger partial charge in [-0.1, -0.05) is 39.0 Å². The lowest BCUT2D eigenvalue weighted by Crippen LogP contribution is -2.43. The average Bonchev–Trinajstić information content (AvgIpc) is 2.65. The highest BCUT2D eigenvalue weighted by atomic mass is 16.5. The number of amides is 1. The molecular weight excluding hydrogens is 388 g/mol. The van der Waals surface area contributed by atoms with Crippen LogP contribution in [0.2, 0.25) is 0 Å². The van der Waals surface area contributed by atoms with Gasteiger partial charge in [0.25, 0.3) is 0 Å². The summed E-state index contributed by atoms with van der Waals surface area (Å²) in [5.41, 5.74) is 3.80. The molecule has 2 aromatic carbocycles. The number of fused-ring (bicyclic) bond motifs is 1. The zero-order valence-electron chi connectivity index (χ0n) is 19.3. The van der Waals surface area contributed by atoms with Gasteiger partial charge in [-0.25, -0.2) is 0 Å². The summed E-state index contributed by atoms with van der Waals surface area (Å²) in [6.45, 7) is 10.3. The molecule has 31 heavy (non-hydrogen) atoms. The molecule has 1 aliphatic heterocycles. The van der Waals surface area contributed by atoms with Crippen molar-refractivity contribution in [3.8, 4) is 5.75 Å². The molecular formula is C26H32N2O3. The maximum absolute atomic E-state index is 13.1. The standard InChI is InChI=1S/C26H32N2O3/c1-25(2,3)16-24(30)27-19-9-7-8-17(12-19)23(29)14-22-21-13-20(31-6)11-10-18(21)15-26(4,5)28-22/h7-14,28H,15-16H2,1-6H3,(H,27,30). The normalized spacial score (nSPS) is 16.3. The Morgan fingerprint density at radius 3 is 2.58 bits per heavy atom. The van der Waals surface area contributed by atoms with Gasteiger partial charge in [0.05, 0.1) is 7.11 Å². The molecule has 0 spiro atoms. The SMILES string of the molecule is COc1ccc2c(c1)C(=CC(=O)c1cccc(NC(=O)CC(C)(C)C)c1)NC(C)(C)C2. The Kier molecular flexibility index (Phi) is 6.25. The van der Waals surface area contributed by atoms with Gasteiger partial charge in [0.2, 0.25) is 5.91 Å². The van der Waals surface area contributed by atoms with Crippen LogP contribution in [0.3, 0.4) is 0 Å². The summed E-state index contributed by atoms with van der Waals surface area (Å²) in [6.07, 6.45) is 2.90. The van der Waals surface area contributed by atoms with E-state index < -0.39 is 0 Å². The summed E-state index contributed by atoms with van der Waals surface area (Å²) in [6, 6.07) is 13.0. The molecule has 3 rings (SSSR count). The third-order valence-electron chi connectivity index (χ3n) is 5.11. The minimum absolute atomic E-state index is 0.0628. The number of rotatable bonds is 5. The molecule has 1 amide bonds. The third kappa shape index (κ3) is 5.97. The third-order valence-corrected chi connectivity index (χ3v) is 5.11. The number of hydrogen-bond donors (Lipinski definition) is 2. The van der Waals surface area contributed by atoms with Crippen molar-refractivity contribution < 1.29 is 14.3 Å². The van der Waals surface area contributed by atoms with Crippen LogP contribution in [0.1, 0.15) is 62.5 Å². The van der Waals surface area contributed by atoms with E-state index in [1.165, 1.54) is 5.56 Å².